The number of aliphatic hydroxyl groups is 3. The number of likely N-dealkylation sites (N-methyl/N-ethyl adjacent to an activating group) is 6. The number of allylic oxidation sites excluding steroid dienone is 2. The van der Waals surface area contributed by atoms with Gasteiger partial charge in [0.15, 0.2) is 5.37 Å². The molecule has 1 heterocycles. The van der Waals surface area contributed by atoms with Crippen molar-refractivity contribution in [2.45, 2.75) is 181 Å². The number of nitrogens with one attached hydrogen (secondary N) is 4. The van der Waals surface area contributed by atoms with E-state index in [-0.39, 0.29) is 30.9 Å². The molecule has 0 aromatic heterocycles. The molecule has 25 nitrogen and oxygen atoms in total. The van der Waals surface area contributed by atoms with Gasteiger partial charge in [0.25, 0.3) is 17.7 Å². The smallest absolute Gasteiger partial charge is 0.333 e. The minimum Gasteiger partial charge on any atom is -0.393 e. The first kappa shape index (κ1) is 70.2. The largest absolute Gasteiger partial charge is 0.393 e. The molecule has 0 aromatic rings. The molecule has 0 radical (unpaired) electrons. The van der Waals surface area contributed by atoms with Crippen LogP contribution < -0.4 is 21.3 Å². The van der Waals surface area contributed by atoms with Crippen molar-refractivity contribution in [1.82, 2.24) is 55.6 Å². The van der Waals surface area contributed by atoms with Crippen LogP contribution in [0.5, 0.6) is 0 Å². The van der Waals surface area contributed by atoms with Gasteiger partial charge < -0.3 is 50.5 Å². The molecule has 78 heavy (non-hydrogen) atoms. The zero-order chi connectivity index (χ0) is 60.4. The summed E-state index contributed by atoms with van der Waals surface area (Å²) in [5.41, 5.74) is -1.66. The summed E-state index contributed by atoms with van der Waals surface area (Å²) in [5.74, 6) is -7.63. The molecule has 1 aliphatic rings. The second-order valence-corrected chi connectivity index (χ2v) is 22.9. The van der Waals surface area contributed by atoms with E-state index in [1.165, 1.54) is 63.1 Å². The molecule has 444 valence electrons. The maximum atomic E-state index is 14.9. The Bertz CT molecular complexity index is 2160. The van der Waals surface area contributed by atoms with Crippen molar-refractivity contribution in [3.05, 3.63) is 12.2 Å². The molecule has 26 heteroatoms. The lowest BCUT2D eigenvalue weighted by Gasteiger charge is -2.40. The molecule has 0 aliphatic carbocycles. The topological polar surface area (TPSA) is 319 Å². The van der Waals surface area contributed by atoms with Gasteiger partial charge >= 0.3 is 24.1 Å². The van der Waals surface area contributed by atoms with Gasteiger partial charge in [-0.2, -0.15) is 0 Å². The maximum absolute atomic E-state index is 14.9. The molecule has 10 atom stereocenters. The number of nitrogens with zero attached hydrogens (tertiary/aromatic N) is 7. The van der Waals surface area contributed by atoms with E-state index in [4.69, 9.17) is 0 Å². The molecule has 15 amide bonds. The number of aliphatic hydroxyl groups excluding tert-OH is 2. The van der Waals surface area contributed by atoms with Crippen LogP contribution in [0.2, 0.25) is 0 Å². The SMILES string of the molecule is C/C=C/C[C@@H](C)[C@@H](O)[C@H]1C(=O)N[C@@H](CC)C(=O)N(C)[C@H](SCCCC[C@@H](C)O)C(=O)N(C)[C@@H](CC(C)(C)O)C(=O)NC(=O)N(C)C(=O)NC(=O)N[C@@H](C)C(=O)N(C)C(CC(C)C)C(=O)N(C)C(=O)N(C)[C@@H](C(C)C)C(=O)N1C. The highest BCUT2D eigenvalue weighted by molar-refractivity contribution is 8.00. The van der Waals surface area contributed by atoms with Gasteiger partial charge in [-0.1, -0.05) is 60.1 Å². The molecule has 0 aromatic carbocycles. The van der Waals surface area contributed by atoms with Crippen LogP contribution in [0.3, 0.4) is 0 Å². The number of amides is 15. The van der Waals surface area contributed by atoms with E-state index in [0.717, 1.165) is 48.2 Å². The first-order chi connectivity index (χ1) is 36.0. The monoisotopic (exact) mass is 1130 g/mol. The number of hydrogen-bond acceptors (Lipinski definition) is 15. The summed E-state index contributed by atoms with van der Waals surface area (Å²) >= 11 is 1.01. The zero-order valence-corrected chi connectivity index (χ0v) is 49.9. The van der Waals surface area contributed by atoms with E-state index in [1.54, 1.807) is 67.5 Å². The highest BCUT2D eigenvalue weighted by atomic mass is 32.2. The normalized spacial score (nSPS) is 25.1. The van der Waals surface area contributed by atoms with E-state index in [0.29, 0.717) is 24.2 Å². The quantitative estimate of drug-likeness (QED) is 0.0860. The van der Waals surface area contributed by atoms with Gasteiger partial charge in [0.05, 0.1) is 17.8 Å². The Hall–Kier alpha value is -5.86. The average molecular weight is 1130 g/mol. The third kappa shape index (κ3) is 20.1. The summed E-state index contributed by atoms with van der Waals surface area (Å²) in [6, 6.07) is -13.8. The van der Waals surface area contributed by atoms with Crippen LogP contribution in [0, 0.1) is 17.8 Å². The van der Waals surface area contributed by atoms with E-state index in [2.05, 4.69) is 10.6 Å². The third-order valence-corrected chi connectivity index (χ3v) is 14.9. The van der Waals surface area contributed by atoms with Crippen LogP contribution in [0.15, 0.2) is 12.2 Å². The number of thioether (sulfide) groups is 1. The van der Waals surface area contributed by atoms with Gasteiger partial charge in [-0.3, -0.25) is 49.1 Å². The lowest BCUT2D eigenvalue weighted by atomic mass is 9.91. The minimum absolute atomic E-state index is 0.0236. The Labute approximate surface area is 464 Å². The van der Waals surface area contributed by atoms with Gasteiger partial charge in [-0.25, -0.2) is 24.1 Å². The second kappa shape index (κ2) is 31.7. The Balaban J connectivity index is 4.27. The predicted molar refractivity (Wildman–Crippen MR) is 294 cm³/mol. The highest BCUT2D eigenvalue weighted by Gasteiger charge is 2.45. The minimum atomic E-state index is -1.69. The van der Waals surface area contributed by atoms with E-state index >= 15 is 0 Å². The van der Waals surface area contributed by atoms with Gasteiger partial charge in [0.1, 0.15) is 36.3 Å². The maximum Gasteiger partial charge on any atom is 0.333 e. The fourth-order valence-electron chi connectivity index (χ4n) is 8.70. The second-order valence-electron chi connectivity index (χ2n) is 21.7. The van der Waals surface area contributed by atoms with Gasteiger partial charge in [0.2, 0.25) is 23.6 Å². The lowest BCUT2D eigenvalue weighted by Crippen LogP contribution is -2.63. The first-order valence-corrected chi connectivity index (χ1v) is 27.5. The third-order valence-electron chi connectivity index (χ3n) is 13.5. The molecular weight excluding hydrogens is 1030 g/mol. The van der Waals surface area contributed by atoms with Gasteiger partial charge in [0, 0.05) is 55.8 Å². The molecule has 1 rings (SSSR count). The molecule has 0 spiro atoms. The van der Waals surface area contributed by atoms with Crippen molar-refractivity contribution >= 4 is 77.2 Å². The zero-order valence-electron chi connectivity index (χ0n) is 49.1. The van der Waals surface area contributed by atoms with Crippen LogP contribution in [0.25, 0.3) is 0 Å². The molecule has 0 saturated carbocycles. The fraction of sp³-hybridized carbons (Fsp3) is 0.750. The summed E-state index contributed by atoms with van der Waals surface area (Å²) < 4.78 is 0. The Morgan fingerprint density at radius 1 is 0.654 bits per heavy atom. The number of rotatable bonds is 16. The molecule has 1 aliphatic heterocycles. The molecule has 1 saturated heterocycles. The predicted octanol–water partition coefficient (Wildman–Crippen LogP) is 2.13. The Morgan fingerprint density at radius 2 is 1.22 bits per heavy atom. The van der Waals surface area contributed by atoms with Crippen LogP contribution in [-0.2, 0) is 33.6 Å². The number of unbranched alkanes of at least 4 members (excludes halogenated alkanes) is 1. The van der Waals surface area contributed by atoms with E-state index in [1.807, 2.05) is 10.6 Å². The van der Waals surface area contributed by atoms with Crippen molar-refractivity contribution in [2.75, 3.05) is 55.1 Å². The van der Waals surface area contributed by atoms with Crippen molar-refractivity contribution in [3.8, 4) is 0 Å². The summed E-state index contributed by atoms with van der Waals surface area (Å²) in [4.78, 5) is 162. The van der Waals surface area contributed by atoms with Crippen molar-refractivity contribution < 1.29 is 68.1 Å². The first-order valence-electron chi connectivity index (χ1n) is 26.4. The van der Waals surface area contributed by atoms with Crippen LogP contribution in [0.1, 0.15) is 121 Å². The number of imide groups is 4. The number of urea groups is 4. The van der Waals surface area contributed by atoms with Crippen LogP contribution in [-0.4, -0.2) is 230 Å². The highest BCUT2D eigenvalue weighted by Crippen LogP contribution is 2.26. The summed E-state index contributed by atoms with van der Waals surface area (Å²) in [7, 11) is 8.44. The summed E-state index contributed by atoms with van der Waals surface area (Å²) in [6.45, 7) is 17.4. The van der Waals surface area contributed by atoms with Crippen LogP contribution in [0.4, 0.5) is 19.2 Å². The van der Waals surface area contributed by atoms with Crippen molar-refractivity contribution in [1.29, 1.82) is 0 Å². The molecule has 1 fully saturated rings. The van der Waals surface area contributed by atoms with Gasteiger partial charge in [-0.05, 0) is 90.2 Å². The molecule has 1 unspecified atom stereocenters. The van der Waals surface area contributed by atoms with Crippen LogP contribution >= 0.6 is 11.8 Å². The average Bonchev–Trinajstić information content (AvgIpc) is 3.35. The Morgan fingerprint density at radius 3 is 1.73 bits per heavy atom. The van der Waals surface area contributed by atoms with E-state index < -0.39 is 143 Å². The molecule has 7 N–H and O–H groups in total. The van der Waals surface area contributed by atoms with Crippen molar-refractivity contribution in [3.63, 3.8) is 0 Å². The molecular formula is C52H91N11O14S. The summed E-state index contributed by atoms with van der Waals surface area (Å²) in [5, 5.41) is 40.3. The number of carbonyl (C=O) groups excluding carboxylic acids is 11. The molecule has 0 bridgehead atoms. The van der Waals surface area contributed by atoms with Gasteiger partial charge in [-0.15, -0.1) is 11.8 Å². The standard InChI is InChI=1S/C52H91N11O14S/c1-19-21-24-31(7)39(65)38-41(67)54-34(20-2)43(69)61(16)47(78-26-23-22-25-32(8)64)46(72)58(13)36(28-52(10,11)77)40(66)55-49(74)63(18)50(75)56-48(73)53-33(9)42(68)57(12)35(27-29(3)4)44(70)62(17)51(76)60(15)37(30(5)6)45(71)59(38)14/h19,21,29-39,47,64-65,77H,20,22-28H2,1-18H3,(H,54,67)(H,55,66,74)(H2,53,56,73,75)/b21-19+/t31-,32-,33+,34+,35?,36+,37+,38+,39-,47-/m1/s1. The van der Waals surface area contributed by atoms with Crippen molar-refractivity contribution in [2.24, 2.45) is 17.8 Å². The lowest BCUT2D eigenvalue weighted by molar-refractivity contribution is -0.150. The summed E-state index contributed by atoms with van der Waals surface area (Å²) in [6.07, 6.45) is 2.50. The number of carbonyl (C=O) groups is 11. The van der Waals surface area contributed by atoms with E-state index in [9.17, 15) is 68.1 Å². The fourth-order valence-corrected chi connectivity index (χ4v) is 9.93. The number of hydrogen-bond donors (Lipinski definition) is 7. The Kier molecular flexibility index (Phi) is 28.5.